The molecule has 0 nitrogen and oxygen atoms in total. The van der Waals surface area contributed by atoms with E-state index >= 15 is 0 Å². The monoisotopic (exact) mass is 208 g/mol. The zero-order chi connectivity index (χ0) is 10.4. The van der Waals surface area contributed by atoms with Crippen molar-refractivity contribution in [1.82, 2.24) is 0 Å². The third-order valence-corrected chi connectivity index (χ3v) is 2.84. The van der Waals surface area contributed by atoms with Crippen LogP contribution in [-0.2, 0) is 0 Å². The summed E-state index contributed by atoms with van der Waals surface area (Å²) < 4.78 is 0. The fourth-order valence-corrected chi connectivity index (χ4v) is 1.91. The van der Waals surface area contributed by atoms with E-state index in [0.717, 1.165) is 17.9 Å². The van der Waals surface area contributed by atoms with Gasteiger partial charge in [-0.15, -0.1) is 0 Å². The summed E-state index contributed by atoms with van der Waals surface area (Å²) in [6.07, 6.45) is 6.52. The van der Waals surface area contributed by atoms with Crippen molar-refractivity contribution in [3.63, 3.8) is 0 Å². The van der Waals surface area contributed by atoms with E-state index in [2.05, 4.69) is 38.1 Å². The molecule has 1 aromatic carbocycles. The lowest BCUT2D eigenvalue weighted by Gasteiger charge is -2.14. The largest absolute Gasteiger partial charge is 0.0916 e. The molecule has 0 N–H and O–H groups in total. The highest BCUT2D eigenvalue weighted by Gasteiger charge is 2.10. The summed E-state index contributed by atoms with van der Waals surface area (Å²) in [6.45, 7) is 4.26. The highest BCUT2D eigenvalue weighted by atomic mass is 35.5. The van der Waals surface area contributed by atoms with Crippen LogP contribution in [0.5, 0.6) is 0 Å². The molecule has 0 aliphatic rings. The van der Waals surface area contributed by atoms with Gasteiger partial charge in [0.25, 0.3) is 0 Å². The van der Waals surface area contributed by atoms with Crippen molar-refractivity contribution < 1.29 is 0 Å². The smallest absolute Gasteiger partial charge is 0.0440 e. The summed E-state index contributed by atoms with van der Waals surface area (Å²) in [7, 11) is 0. The Labute approximate surface area is 91.6 Å². The van der Waals surface area contributed by atoms with Gasteiger partial charge in [-0.3, -0.25) is 0 Å². The molecule has 0 aromatic heterocycles. The van der Waals surface area contributed by atoms with E-state index in [4.69, 9.17) is 11.6 Å². The number of hydrogen-bond donors (Lipinski definition) is 0. The highest BCUT2D eigenvalue weighted by Crippen LogP contribution is 2.29. The molecule has 0 fully saturated rings. The van der Waals surface area contributed by atoms with E-state index in [1.807, 2.05) is 12.1 Å². The number of hydrogen-bond acceptors (Lipinski definition) is 0. The molecule has 1 atom stereocenters. The van der Waals surface area contributed by atoms with Crippen LogP contribution in [0.4, 0.5) is 0 Å². The van der Waals surface area contributed by atoms with Gasteiger partial charge in [0.15, 0.2) is 0 Å². The Morgan fingerprint density at radius 1 is 1.36 bits per heavy atom. The van der Waals surface area contributed by atoms with Crippen LogP contribution in [0.3, 0.4) is 0 Å². The highest BCUT2D eigenvalue weighted by molar-refractivity contribution is 6.31. The standard InChI is InChI=1S/C13H17Cl/c1-3-5-8-11(4-2)12-9-6-7-10-13(12)14/h3,5-7,9-11H,4,8H2,1-2H3/b5-3-. The Kier molecular flexibility index (Phi) is 4.75. The minimum atomic E-state index is 0.555. The Bertz CT molecular complexity index is 302. The molecule has 0 heterocycles. The van der Waals surface area contributed by atoms with E-state index < -0.39 is 0 Å². The lowest BCUT2D eigenvalue weighted by molar-refractivity contribution is 0.674. The predicted molar refractivity (Wildman–Crippen MR) is 63.9 cm³/mol. The van der Waals surface area contributed by atoms with Crippen LogP contribution in [-0.4, -0.2) is 0 Å². The maximum atomic E-state index is 6.15. The summed E-state index contributed by atoms with van der Waals surface area (Å²) in [6, 6.07) is 8.13. The van der Waals surface area contributed by atoms with E-state index in [1.165, 1.54) is 5.56 Å². The number of allylic oxidation sites excluding steroid dienone is 2. The molecular weight excluding hydrogens is 192 g/mol. The normalized spacial score (nSPS) is 13.4. The van der Waals surface area contributed by atoms with E-state index in [0.29, 0.717) is 5.92 Å². The lowest BCUT2D eigenvalue weighted by atomic mass is 9.93. The van der Waals surface area contributed by atoms with Crippen LogP contribution < -0.4 is 0 Å². The molecule has 0 saturated heterocycles. The molecule has 14 heavy (non-hydrogen) atoms. The second-order valence-electron chi connectivity index (χ2n) is 3.43. The molecule has 1 aromatic rings. The molecule has 0 radical (unpaired) electrons. The van der Waals surface area contributed by atoms with Crippen molar-refractivity contribution in [2.45, 2.75) is 32.6 Å². The lowest BCUT2D eigenvalue weighted by Crippen LogP contribution is -1.96. The Hall–Kier alpha value is -0.750. The number of benzene rings is 1. The van der Waals surface area contributed by atoms with Gasteiger partial charge in [0.2, 0.25) is 0 Å². The topological polar surface area (TPSA) is 0 Å². The molecule has 0 aliphatic heterocycles. The van der Waals surface area contributed by atoms with Crippen molar-refractivity contribution in [3.8, 4) is 0 Å². The molecular formula is C13H17Cl. The third kappa shape index (κ3) is 2.88. The second-order valence-corrected chi connectivity index (χ2v) is 3.84. The fourth-order valence-electron chi connectivity index (χ4n) is 1.62. The fraction of sp³-hybridized carbons (Fsp3) is 0.385. The molecule has 1 unspecified atom stereocenters. The van der Waals surface area contributed by atoms with Crippen molar-refractivity contribution >= 4 is 11.6 Å². The molecule has 76 valence electrons. The maximum Gasteiger partial charge on any atom is 0.0440 e. The Morgan fingerprint density at radius 3 is 2.64 bits per heavy atom. The van der Waals surface area contributed by atoms with E-state index in [1.54, 1.807) is 0 Å². The average molecular weight is 209 g/mol. The van der Waals surface area contributed by atoms with Crippen molar-refractivity contribution in [2.24, 2.45) is 0 Å². The van der Waals surface area contributed by atoms with E-state index in [9.17, 15) is 0 Å². The van der Waals surface area contributed by atoms with Gasteiger partial charge in [-0.2, -0.15) is 0 Å². The molecule has 1 heteroatoms. The summed E-state index contributed by atoms with van der Waals surface area (Å²) in [5.74, 6) is 0.555. The van der Waals surface area contributed by atoms with Gasteiger partial charge in [0, 0.05) is 5.02 Å². The van der Waals surface area contributed by atoms with Gasteiger partial charge in [-0.1, -0.05) is 48.9 Å². The van der Waals surface area contributed by atoms with Crippen LogP contribution in [0.25, 0.3) is 0 Å². The molecule has 1 rings (SSSR count). The van der Waals surface area contributed by atoms with Crippen molar-refractivity contribution in [1.29, 1.82) is 0 Å². The molecule has 0 amide bonds. The molecule has 0 spiro atoms. The summed E-state index contributed by atoms with van der Waals surface area (Å²) in [5, 5.41) is 0.892. The SMILES string of the molecule is C/C=C\CC(CC)c1ccccc1Cl. The molecule has 0 bridgehead atoms. The van der Waals surface area contributed by atoms with Gasteiger partial charge in [0.1, 0.15) is 0 Å². The summed E-state index contributed by atoms with van der Waals surface area (Å²) in [4.78, 5) is 0. The Balaban J connectivity index is 2.83. The first-order chi connectivity index (χ1) is 6.79. The average Bonchev–Trinajstić information content (AvgIpc) is 2.21. The second kappa shape index (κ2) is 5.87. The van der Waals surface area contributed by atoms with Crippen LogP contribution in [0.1, 0.15) is 38.2 Å². The van der Waals surface area contributed by atoms with Crippen LogP contribution in [0.2, 0.25) is 5.02 Å². The number of halogens is 1. The first kappa shape index (κ1) is 11.3. The minimum absolute atomic E-state index is 0.555. The zero-order valence-electron chi connectivity index (χ0n) is 8.83. The summed E-state index contributed by atoms with van der Waals surface area (Å²) in [5.41, 5.74) is 1.27. The molecule has 0 saturated carbocycles. The van der Waals surface area contributed by atoms with Gasteiger partial charge in [-0.25, -0.2) is 0 Å². The first-order valence-corrected chi connectivity index (χ1v) is 5.53. The van der Waals surface area contributed by atoms with Crippen LogP contribution in [0, 0.1) is 0 Å². The van der Waals surface area contributed by atoms with Gasteiger partial charge >= 0.3 is 0 Å². The van der Waals surface area contributed by atoms with Gasteiger partial charge in [0.05, 0.1) is 0 Å². The zero-order valence-corrected chi connectivity index (χ0v) is 9.59. The quantitative estimate of drug-likeness (QED) is 0.624. The molecule has 0 aliphatic carbocycles. The predicted octanol–water partition coefficient (Wildman–Crippen LogP) is 4.80. The minimum Gasteiger partial charge on any atom is -0.0916 e. The third-order valence-electron chi connectivity index (χ3n) is 2.49. The first-order valence-electron chi connectivity index (χ1n) is 5.15. The van der Waals surface area contributed by atoms with Gasteiger partial charge < -0.3 is 0 Å². The van der Waals surface area contributed by atoms with Crippen LogP contribution in [0.15, 0.2) is 36.4 Å². The van der Waals surface area contributed by atoms with Crippen molar-refractivity contribution in [2.75, 3.05) is 0 Å². The number of rotatable bonds is 4. The van der Waals surface area contributed by atoms with Gasteiger partial charge in [-0.05, 0) is 37.3 Å². The maximum absolute atomic E-state index is 6.15. The van der Waals surface area contributed by atoms with Crippen molar-refractivity contribution in [3.05, 3.63) is 47.0 Å². The Morgan fingerprint density at radius 2 is 2.07 bits per heavy atom. The van der Waals surface area contributed by atoms with E-state index in [-0.39, 0.29) is 0 Å². The summed E-state index contributed by atoms with van der Waals surface area (Å²) >= 11 is 6.15. The van der Waals surface area contributed by atoms with Crippen LogP contribution >= 0.6 is 11.6 Å².